The molecule has 0 aliphatic carbocycles. The van der Waals surface area contributed by atoms with Gasteiger partial charge in [-0.3, -0.25) is 0 Å². The Bertz CT molecular complexity index is 1110. The Morgan fingerprint density at radius 3 is 2.34 bits per heavy atom. The minimum atomic E-state index is -3.66. The largest absolute Gasteiger partial charge is 0.240 e. The van der Waals surface area contributed by atoms with Crippen LogP contribution in [-0.2, 0) is 16.4 Å². The number of hydrogen-bond donors (Lipinski definition) is 1. The van der Waals surface area contributed by atoms with E-state index in [0.29, 0.717) is 17.0 Å². The molecule has 0 unspecified atom stereocenters. The van der Waals surface area contributed by atoms with Gasteiger partial charge in [0.15, 0.2) is 0 Å². The highest BCUT2D eigenvalue weighted by Gasteiger charge is 2.25. The molecule has 0 aliphatic heterocycles. The van der Waals surface area contributed by atoms with Crippen molar-refractivity contribution in [3.8, 4) is 6.07 Å². The van der Waals surface area contributed by atoms with Crippen LogP contribution in [0.2, 0.25) is 5.02 Å². The molecule has 0 saturated carbocycles. The minimum Gasteiger partial charge on any atom is -0.208 e. The van der Waals surface area contributed by atoms with Crippen LogP contribution in [0.5, 0.6) is 0 Å². The molecular weight excluding hydrogens is 404 g/mol. The predicted molar refractivity (Wildman–Crippen MR) is 115 cm³/mol. The van der Waals surface area contributed by atoms with Gasteiger partial charge in [-0.15, -0.1) is 0 Å². The lowest BCUT2D eigenvalue weighted by molar-refractivity contribution is 0.503. The van der Waals surface area contributed by atoms with E-state index >= 15 is 0 Å². The van der Waals surface area contributed by atoms with E-state index in [-0.39, 0.29) is 10.8 Å². The van der Waals surface area contributed by atoms with Crippen molar-refractivity contribution in [3.05, 3.63) is 101 Å². The van der Waals surface area contributed by atoms with Crippen molar-refractivity contribution in [3.63, 3.8) is 0 Å². The zero-order valence-corrected chi connectivity index (χ0v) is 17.5. The van der Waals surface area contributed by atoms with Gasteiger partial charge in [-0.25, -0.2) is 13.1 Å². The molecule has 0 radical (unpaired) electrons. The molecule has 4 nitrogen and oxygen atoms in total. The quantitative estimate of drug-likeness (QED) is 0.586. The lowest BCUT2D eigenvalue weighted by Crippen LogP contribution is -2.37. The van der Waals surface area contributed by atoms with E-state index in [0.717, 1.165) is 11.1 Å². The summed E-state index contributed by atoms with van der Waals surface area (Å²) in [5.41, 5.74) is 2.48. The summed E-state index contributed by atoms with van der Waals surface area (Å²) >= 11 is 5.99. The van der Waals surface area contributed by atoms with Gasteiger partial charge in [0.25, 0.3) is 0 Å². The van der Waals surface area contributed by atoms with Gasteiger partial charge in [-0.1, -0.05) is 54.1 Å². The Morgan fingerprint density at radius 1 is 1.00 bits per heavy atom. The smallest absolute Gasteiger partial charge is 0.208 e. The molecule has 0 fully saturated rings. The van der Waals surface area contributed by atoms with Crippen LogP contribution in [0.15, 0.2) is 83.8 Å². The average Bonchev–Trinajstić information content (AvgIpc) is 2.73. The van der Waals surface area contributed by atoms with Gasteiger partial charge in [0.2, 0.25) is 10.0 Å². The molecule has 2 atom stereocenters. The molecule has 0 bridgehead atoms. The fourth-order valence-corrected chi connectivity index (χ4v) is 4.72. The number of halogens is 1. The minimum absolute atomic E-state index is 0.164. The summed E-state index contributed by atoms with van der Waals surface area (Å²) in [6, 6.07) is 24.9. The van der Waals surface area contributed by atoms with E-state index in [1.165, 1.54) is 0 Å². The maximum absolute atomic E-state index is 12.8. The monoisotopic (exact) mass is 424 g/mol. The number of nitrogens with one attached hydrogen (secondary N) is 1. The summed E-state index contributed by atoms with van der Waals surface area (Å²) in [5, 5.41) is 9.91. The van der Waals surface area contributed by atoms with Crippen LogP contribution in [0.3, 0.4) is 0 Å². The Balaban J connectivity index is 1.93. The summed E-state index contributed by atoms with van der Waals surface area (Å²) in [6.45, 7) is 1.85. The van der Waals surface area contributed by atoms with Gasteiger partial charge in [-0.05, 0) is 60.9 Å². The van der Waals surface area contributed by atoms with Gasteiger partial charge in [0.05, 0.1) is 16.5 Å². The first-order valence-electron chi connectivity index (χ1n) is 9.21. The number of rotatable bonds is 7. The van der Waals surface area contributed by atoms with Gasteiger partial charge in [-0.2, -0.15) is 5.26 Å². The van der Waals surface area contributed by atoms with Crippen molar-refractivity contribution in [2.45, 2.75) is 30.2 Å². The number of nitrogens with zero attached hydrogens (tertiary/aromatic N) is 1. The molecule has 3 aromatic carbocycles. The van der Waals surface area contributed by atoms with Crippen molar-refractivity contribution in [2.24, 2.45) is 0 Å². The first-order valence-corrected chi connectivity index (χ1v) is 11.1. The number of nitriles is 1. The first kappa shape index (κ1) is 21.1. The third kappa shape index (κ3) is 5.45. The van der Waals surface area contributed by atoms with E-state index in [2.05, 4.69) is 10.8 Å². The maximum atomic E-state index is 12.8. The molecule has 3 rings (SSSR count). The highest BCUT2D eigenvalue weighted by molar-refractivity contribution is 7.89. The van der Waals surface area contributed by atoms with Crippen LogP contribution < -0.4 is 4.72 Å². The fourth-order valence-electron chi connectivity index (χ4n) is 3.29. The molecule has 148 valence electrons. The Labute approximate surface area is 176 Å². The van der Waals surface area contributed by atoms with E-state index in [1.807, 2.05) is 49.4 Å². The zero-order valence-electron chi connectivity index (χ0n) is 15.9. The molecule has 0 saturated heterocycles. The molecule has 1 N–H and O–H groups in total. The number of sulfonamides is 1. The highest BCUT2D eigenvalue weighted by atomic mass is 35.5. The third-order valence-corrected chi connectivity index (χ3v) is 6.64. The van der Waals surface area contributed by atoms with Crippen LogP contribution in [0.4, 0.5) is 0 Å². The zero-order chi connectivity index (χ0) is 20.9. The van der Waals surface area contributed by atoms with Crippen LogP contribution in [0.1, 0.15) is 29.5 Å². The molecule has 0 aliphatic rings. The van der Waals surface area contributed by atoms with Crippen molar-refractivity contribution < 1.29 is 8.42 Å². The van der Waals surface area contributed by atoms with Gasteiger partial charge < -0.3 is 0 Å². The summed E-state index contributed by atoms with van der Waals surface area (Å²) < 4.78 is 28.4. The molecular formula is C23H21ClN2O2S. The van der Waals surface area contributed by atoms with Crippen molar-refractivity contribution in [1.82, 2.24) is 4.72 Å². The fraction of sp³-hybridized carbons (Fsp3) is 0.174. The Hall–Kier alpha value is -2.65. The number of benzene rings is 3. The summed E-state index contributed by atoms with van der Waals surface area (Å²) in [5.74, 6) is -0.164. The molecule has 6 heteroatoms. The normalized spacial score (nSPS) is 13.4. The second-order valence-electron chi connectivity index (χ2n) is 6.90. The van der Waals surface area contributed by atoms with E-state index in [1.54, 1.807) is 36.4 Å². The topological polar surface area (TPSA) is 70.0 Å². The van der Waals surface area contributed by atoms with Crippen LogP contribution in [0, 0.1) is 11.3 Å². The van der Waals surface area contributed by atoms with Gasteiger partial charge >= 0.3 is 0 Å². The average molecular weight is 425 g/mol. The molecule has 3 aromatic rings. The highest BCUT2D eigenvalue weighted by Crippen LogP contribution is 2.27. The maximum Gasteiger partial charge on any atom is 0.240 e. The first-order chi connectivity index (χ1) is 13.9. The van der Waals surface area contributed by atoms with Crippen LogP contribution in [0.25, 0.3) is 0 Å². The van der Waals surface area contributed by atoms with Crippen molar-refractivity contribution in [1.29, 1.82) is 5.26 Å². The van der Waals surface area contributed by atoms with Gasteiger partial charge in [0.1, 0.15) is 0 Å². The third-order valence-electron chi connectivity index (χ3n) is 4.81. The van der Waals surface area contributed by atoms with E-state index in [4.69, 9.17) is 11.6 Å². The SMILES string of the molecule is C[C@H](NS(=O)(=O)c1ccccc1)[C@@H](Cc1ccc(Cl)cc1)c1cccc(C#N)c1. The van der Waals surface area contributed by atoms with Crippen molar-refractivity contribution in [2.75, 3.05) is 0 Å². The molecule has 0 heterocycles. The summed E-state index contributed by atoms with van der Waals surface area (Å²) in [4.78, 5) is 0.225. The van der Waals surface area contributed by atoms with Crippen LogP contribution in [-0.4, -0.2) is 14.5 Å². The summed E-state index contributed by atoms with van der Waals surface area (Å²) in [6.07, 6.45) is 0.602. The molecule has 0 amide bonds. The number of hydrogen-bond acceptors (Lipinski definition) is 3. The predicted octanol–water partition coefficient (Wildman–Crippen LogP) is 4.90. The molecule has 0 aromatic heterocycles. The molecule has 29 heavy (non-hydrogen) atoms. The van der Waals surface area contributed by atoms with Crippen molar-refractivity contribution >= 4 is 21.6 Å². The Morgan fingerprint density at radius 2 is 1.69 bits per heavy atom. The lowest BCUT2D eigenvalue weighted by atomic mass is 9.86. The van der Waals surface area contributed by atoms with Crippen LogP contribution >= 0.6 is 11.6 Å². The summed E-state index contributed by atoms with van der Waals surface area (Å²) in [7, 11) is -3.66. The molecule has 0 spiro atoms. The second kappa shape index (κ2) is 9.23. The standard InChI is InChI=1S/C23H21ClN2O2S/c1-17(26-29(27,28)22-8-3-2-4-9-22)23(15-18-10-12-21(24)13-11-18)20-7-5-6-19(14-20)16-25/h2-14,17,23,26H,15H2,1H3/t17-,23+/m0/s1. The lowest BCUT2D eigenvalue weighted by Gasteiger charge is -2.26. The Kier molecular flexibility index (Phi) is 6.71. The second-order valence-corrected chi connectivity index (χ2v) is 9.05. The van der Waals surface area contributed by atoms with E-state index < -0.39 is 16.1 Å². The van der Waals surface area contributed by atoms with E-state index in [9.17, 15) is 13.7 Å². The van der Waals surface area contributed by atoms with Gasteiger partial charge in [0, 0.05) is 17.0 Å².